The zero-order chi connectivity index (χ0) is 9.73. The van der Waals surface area contributed by atoms with Crippen LogP contribution in [-0.4, -0.2) is 38.3 Å². The predicted octanol–water partition coefficient (Wildman–Crippen LogP) is 0.503. The third-order valence-electron chi connectivity index (χ3n) is 1.86. The standard InChI is InChI=1S/C9H19NO3/c1-9(2)12-7-8(13-9)6-11-5-3-4-10/h8H,3-7,10H2,1-2H3/t8-/m1/s1. The minimum Gasteiger partial charge on any atom is -0.379 e. The molecule has 1 aliphatic rings. The minimum absolute atomic E-state index is 0.0766. The van der Waals surface area contributed by atoms with Gasteiger partial charge >= 0.3 is 0 Å². The fourth-order valence-corrected chi connectivity index (χ4v) is 1.25. The summed E-state index contributed by atoms with van der Waals surface area (Å²) in [6.45, 7) is 6.42. The third-order valence-corrected chi connectivity index (χ3v) is 1.86. The zero-order valence-corrected chi connectivity index (χ0v) is 8.41. The molecule has 0 amide bonds. The van der Waals surface area contributed by atoms with E-state index in [1.807, 2.05) is 13.8 Å². The molecule has 1 aliphatic heterocycles. The molecule has 0 aromatic rings. The van der Waals surface area contributed by atoms with Crippen LogP contribution in [0.25, 0.3) is 0 Å². The molecule has 1 atom stereocenters. The van der Waals surface area contributed by atoms with Crippen LogP contribution in [-0.2, 0) is 14.2 Å². The van der Waals surface area contributed by atoms with Crippen LogP contribution < -0.4 is 5.73 Å². The first kappa shape index (κ1) is 10.9. The van der Waals surface area contributed by atoms with Crippen LogP contribution in [0.2, 0.25) is 0 Å². The zero-order valence-electron chi connectivity index (χ0n) is 8.41. The molecule has 13 heavy (non-hydrogen) atoms. The fourth-order valence-electron chi connectivity index (χ4n) is 1.25. The Morgan fingerprint density at radius 1 is 1.54 bits per heavy atom. The predicted molar refractivity (Wildman–Crippen MR) is 49.4 cm³/mol. The van der Waals surface area contributed by atoms with Crippen molar-refractivity contribution in [3.63, 3.8) is 0 Å². The largest absolute Gasteiger partial charge is 0.379 e. The molecule has 2 N–H and O–H groups in total. The van der Waals surface area contributed by atoms with Crippen molar-refractivity contribution in [2.75, 3.05) is 26.4 Å². The van der Waals surface area contributed by atoms with Gasteiger partial charge < -0.3 is 19.9 Å². The van der Waals surface area contributed by atoms with Crippen LogP contribution in [0.4, 0.5) is 0 Å². The molecule has 0 bridgehead atoms. The van der Waals surface area contributed by atoms with Crippen molar-refractivity contribution >= 4 is 0 Å². The van der Waals surface area contributed by atoms with E-state index in [0.29, 0.717) is 26.4 Å². The lowest BCUT2D eigenvalue weighted by Crippen LogP contribution is -2.24. The molecule has 1 heterocycles. The van der Waals surface area contributed by atoms with Gasteiger partial charge in [0.15, 0.2) is 5.79 Å². The van der Waals surface area contributed by atoms with Crippen LogP contribution in [0.1, 0.15) is 20.3 Å². The Kier molecular flexibility index (Phi) is 4.12. The minimum atomic E-state index is -0.443. The Balaban J connectivity index is 2.04. The normalized spacial score (nSPS) is 26.5. The van der Waals surface area contributed by atoms with E-state index in [1.54, 1.807) is 0 Å². The summed E-state index contributed by atoms with van der Waals surface area (Å²) in [5.41, 5.74) is 5.33. The molecule has 4 heteroatoms. The number of rotatable bonds is 5. The molecule has 0 spiro atoms. The highest BCUT2D eigenvalue weighted by Gasteiger charge is 2.32. The molecular weight excluding hydrogens is 170 g/mol. The van der Waals surface area contributed by atoms with E-state index in [1.165, 1.54) is 0 Å². The maximum absolute atomic E-state index is 5.55. The average Bonchev–Trinajstić information content (AvgIpc) is 2.40. The summed E-state index contributed by atoms with van der Waals surface area (Å²) in [4.78, 5) is 0. The van der Waals surface area contributed by atoms with Gasteiger partial charge in [-0.3, -0.25) is 0 Å². The van der Waals surface area contributed by atoms with Crippen molar-refractivity contribution in [3.8, 4) is 0 Å². The second kappa shape index (κ2) is 4.91. The molecular formula is C9H19NO3. The molecule has 0 unspecified atom stereocenters. The molecule has 0 aliphatic carbocycles. The van der Waals surface area contributed by atoms with Gasteiger partial charge in [-0.15, -0.1) is 0 Å². The molecule has 0 aromatic heterocycles. The molecule has 78 valence electrons. The van der Waals surface area contributed by atoms with Crippen molar-refractivity contribution in [1.82, 2.24) is 0 Å². The van der Waals surface area contributed by atoms with Crippen LogP contribution >= 0.6 is 0 Å². The van der Waals surface area contributed by atoms with Gasteiger partial charge in [0.25, 0.3) is 0 Å². The Morgan fingerprint density at radius 3 is 2.85 bits per heavy atom. The maximum atomic E-state index is 5.55. The summed E-state index contributed by atoms with van der Waals surface area (Å²) < 4.78 is 16.3. The molecule has 0 aromatic carbocycles. The molecule has 1 rings (SSSR count). The van der Waals surface area contributed by atoms with Crippen LogP contribution in [0.15, 0.2) is 0 Å². The summed E-state index contributed by atoms with van der Waals surface area (Å²) in [5, 5.41) is 0. The Morgan fingerprint density at radius 2 is 2.31 bits per heavy atom. The Labute approximate surface area is 79.3 Å². The Bertz CT molecular complexity index is 150. The molecule has 4 nitrogen and oxygen atoms in total. The number of ether oxygens (including phenoxy) is 3. The second-order valence-electron chi connectivity index (χ2n) is 3.67. The Hall–Kier alpha value is -0.160. The summed E-state index contributed by atoms with van der Waals surface area (Å²) >= 11 is 0. The van der Waals surface area contributed by atoms with Crippen LogP contribution in [0.5, 0.6) is 0 Å². The monoisotopic (exact) mass is 189 g/mol. The smallest absolute Gasteiger partial charge is 0.163 e. The lowest BCUT2D eigenvalue weighted by atomic mass is 10.4. The van der Waals surface area contributed by atoms with E-state index in [2.05, 4.69) is 0 Å². The number of hydrogen-bond acceptors (Lipinski definition) is 4. The van der Waals surface area contributed by atoms with Crippen molar-refractivity contribution in [3.05, 3.63) is 0 Å². The molecule has 1 saturated heterocycles. The van der Waals surface area contributed by atoms with Gasteiger partial charge in [0.05, 0.1) is 13.2 Å². The van der Waals surface area contributed by atoms with Crippen molar-refractivity contribution < 1.29 is 14.2 Å². The van der Waals surface area contributed by atoms with Gasteiger partial charge in [0.1, 0.15) is 6.10 Å². The lowest BCUT2D eigenvalue weighted by Gasteiger charge is -2.16. The van der Waals surface area contributed by atoms with Gasteiger partial charge in [0.2, 0.25) is 0 Å². The molecule has 0 radical (unpaired) electrons. The first-order chi connectivity index (χ1) is 6.14. The summed E-state index contributed by atoms with van der Waals surface area (Å²) in [6, 6.07) is 0. The average molecular weight is 189 g/mol. The summed E-state index contributed by atoms with van der Waals surface area (Å²) in [6.07, 6.45) is 0.976. The first-order valence-electron chi connectivity index (χ1n) is 4.73. The quantitative estimate of drug-likeness (QED) is 0.640. The topological polar surface area (TPSA) is 53.7 Å². The van der Waals surface area contributed by atoms with E-state index in [4.69, 9.17) is 19.9 Å². The van der Waals surface area contributed by atoms with E-state index in [-0.39, 0.29) is 6.10 Å². The van der Waals surface area contributed by atoms with E-state index in [9.17, 15) is 0 Å². The highest BCUT2D eigenvalue weighted by Crippen LogP contribution is 2.22. The summed E-state index contributed by atoms with van der Waals surface area (Å²) in [7, 11) is 0. The van der Waals surface area contributed by atoms with E-state index >= 15 is 0 Å². The highest BCUT2D eigenvalue weighted by molar-refractivity contribution is 4.70. The van der Waals surface area contributed by atoms with Crippen molar-refractivity contribution in [2.24, 2.45) is 5.73 Å². The van der Waals surface area contributed by atoms with Crippen LogP contribution in [0.3, 0.4) is 0 Å². The van der Waals surface area contributed by atoms with Crippen molar-refractivity contribution in [2.45, 2.75) is 32.2 Å². The van der Waals surface area contributed by atoms with Gasteiger partial charge in [-0.25, -0.2) is 0 Å². The van der Waals surface area contributed by atoms with E-state index < -0.39 is 5.79 Å². The van der Waals surface area contributed by atoms with Gasteiger partial charge in [0, 0.05) is 6.61 Å². The molecule has 1 fully saturated rings. The number of hydrogen-bond donors (Lipinski definition) is 1. The van der Waals surface area contributed by atoms with Crippen LogP contribution in [0, 0.1) is 0 Å². The fraction of sp³-hybridized carbons (Fsp3) is 1.00. The highest BCUT2D eigenvalue weighted by atomic mass is 16.7. The van der Waals surface area contributed by atoms with Gasteiger partial charge in [-0.1, -0.05) is 0 Å². The summed E-state index contributed by atoms with van der Waals surface area (Å²) in [5.74, 6) is -0.443. The number of nitrogens with two attached hydrogens (primary N) is 1. The molecule has 0 saturated carbocycles. The maximum Gasteiger partial charge on any atom is 0.163 e. The van der Waals surface area contributed by atoms with Crippen molar-refractivity contribution in [1.29, 1.82) is 0 Å². The first-order valence-corrected chi connectivity index (χ1v) is 4.73. The lowest BCUT2D eigenvalue weighted by molar-refractivity contribution is -0.145. The van der Waals surface area contributed by atoms with E-state index in [0.717, 1.165) is 6.42 Å². The van der Waals surface area contributed by atoms with Gasteiger partial charge in [-0.2, -0.15) is 0 Å². The SMILES string of the molecule is CC1(C)OC[C@@H](COCCCN)O1. The van der Waals surface area contributed by atoms with Gasteiger partial charge in [-0.05, 0) is 26.8 Å². The third kappa shape index (κ3) is 4.04. The second-order valence-corrected chi connectivity index (χ2v) is 3.67.